The summed E-state index contributed by atoms with van der Waals surface area (Å²) in [6, 6.07) is 10.4. The third-order valence-corrected chi connectivity index (χ3v) is 4.96. The highest BCUT2D eigenvalue weighted by molar-refractivity contribution is 6.00. The number of fused-ring (bicyclic) bond motifs is 2. The van der Waals surface area contributed by atoms with Crippen molar-refractivity contribution in [3.05, 3.63) is 58.5 Å². The van der Waals surface area contributed by atoms with Crippen LogP contribution in [0, 0.1) is 5.92 Å². The van der Waals surface area contributed by atoms with Gasteiger partial charge in [0.05, 0.1) is 16.5 Å². The smallest absolute Gasteiger partial charge is 0.265 e. The highest BCUT2D eigenvalue weighted by Crippen LogP contribution is 2.20. The maximum absolute atomic E-state index is 13.0. The molecule has 7 nitrogen and oxygen atoms in total. The normalized spacial score (nSPS) is 15.5. The molecule has 0 atom stereocenters. The zero-order valence-corrected chi connectivity index (χ0v) is 14.1. The first-order chi connectivity index (χ1) is 12.6. The molecule has 2 amide bonds. The Morgan fingerprint density at radius 3 is 2.54 bits per heavy atom. The lowest BCUT2D eigenvalue weighted by Gasteiger charge is -2.30. The van der Waals surface area contributed by atoms with Gasteiger partial charge in [-0.1, -0.05) is 12.1 Å². The van der Waals surface area contributed by atoms with Crippen LogP contribution >= 0.6 is 0 Å². The number of nitrogens with zero attached hydrogens (tertiary/aromatic N) is 3. The molecule has 1 fully saturated rings. The van der Waals surface area contributed by atoms with E-state index in [1.54, 1.807) is 41.4 Å². The van der Waals surface area contributed by atoms with E-state index in [0.717, 1.165) is 0 Å². The number of benzene rings is 1. The SMILES string of the molecule is NC(=O)C1CCN(C(=O)c2cccn3c(=O)c4ccccc4nc23)CC1. The van der Waals surface area contributed by atoms with E-state index in [2.05, 4.69) is 4.98 Å². The number of hydrogen-bond donors (Lipinski definition) is 1. The quantitative estimate of drug-likeness (QED) is 0.702. The van der Waals surface area contributed by atoms with Gasteiger partial charge < -0.3 is 10.6 Å². The maximum Gasteiger partial charge on any atom is 0.265 e. The van der Waals surface area contributed by atoms with Gasteiger partial charge in [0.15, 0.2) is 5.65 Å². The molecule has 0 radical (unpaired) electrons. The van der Waals surface area contributed by atoms with Crippen LogP contribution in [0.1, 0.15) is 23.2 Å². The van der Waals surface area contributed by atoms with Crippen molar-refractivity contribution in [2.75, 3.05) is 13.1 Å². The Kier molecular flexibility index (Phi) is 3.91. The Labute approximate surface area is 149 Å². The number of para-hydroxylation sites is 1. The lowest BCUT2D eigenvalue weighted by atomic mass is 9.96. The predicted molar refractivity (Wildman–Crippen MR) is 96.8 cm³/mol. The van der Waals surface area contributed by atoms with Gasteiger partial charge >= 0.3 is 0 Å². The lowest BCUT2D eigenvalue weighted by Crippen LogP contribution is -2.42. The topological polar surface area (TPSA) is 97.8 Å². The zero-order valence-electron chi connectivity index (χ0n) is 14.1. The monoisotopic (exact) mass is 350 g/mol. The van der Waals surface area contributed by atoms with Crippen LogP contribution in [0.15, 0.2) is 47.4 Å². The van der Waals surface area contributed by atoms with Crippen LogP contribution < -0.4 is 11.3 Å². The van der Waals surface area contributed by atoms with Crippen LogP contribution in [0.5, 0.6) is 0 Å². The van der Waals surface area contributed by atoms with Crippen molar-refractivity contribution in [3.8, 4) is 0 Å². The summed E-state index contributed by atoms with van der Waals surface area (Å²) >= 11 is 0. The summed E-state index contributed by atoms with van der Waals surface area (Å²) in [7, 11) is 0. The molecule has 26 heavy (non-hydrogen) atoms. The van der Waals surface area contributed by atoms with Crippen molar-refractivity contribution in [2.24, 2.45) is 11.7 Å². The van der Waals surface area contributed by atoms with Crippen LogP contribution in [0.2, 0.25) is 0 Å². The number of carbonyl (C=O) groups excluding carboxylic acids is 2. The van der Waals surface area contributed by atoms with Gasteiger partial charge in [0, 0.05) is 25.2 Å². The van der Waals surface area contributed by atoms with Crippen LogP contribution in [0.25, 0.3) is 16.6 Å². The Morgan fingerprint density at radius 2 is 1.81 bits per heavy atom. The highest BCUT2D eigenvalue weighted by Gasteiger charge is 2.27. The number of primary amides is 1. The number of carbonyl (C=O) groups is 2. The fraction of sp³-hybridized carbons (Fsp3) is 0.263. The van der Waals surface area contributed by atoms with E-state index in [0.29, 0.717) is 48.0 Å². The Morgan fingerprint density at radius 1 is 1.08 bits per heavy atom. The molecule has 0 saturated carbocycles. The first-order valence-electron chi connectivity index (χ1n) is 8.55. The van der Waals surface area contributed by atoms with E-state index >= 15 is 0 Å². The van der Waals surface area contributed by atoms with Gasteiger partial charge in [0.2, 0.25) is 5.91 Å². The van der Waals surface area contributed by atoms with Crippen molar-refractivity contribution in [3.63, 3.8) is 0 Å². The van der Waals surface area contributed by atoms with Gasteiger partial charge in [-0.3, -0.25) is 18.8 Å². The van der Waals surface area contributed by atoms with Crippen LogP contribution in [0.3, 0.4) is 0 Å². The van der Waals surface area contributed by atoms with E-state index < -0.39 is 0 Å². The predicted octanol–water partition coefficient (Wildman–Crippen LogP) is 1.19. The maximum atomic E-state index is 13.0. The molecule has 2 aromatic heterocycles. The summed E-state index contributed by atoms with van der Waals surface area (Å²) in [5.74, 6) is -0.689. The molecule has 0 unspecified atom stereocenters. The molecule has 0 aliphatic carbocycles. The summed E-state index contributed by atoms with van der Waals surface area (Å²) < 4.78 is 1.41. The minimum Gasteiger partial charge on any atom is -0.369 e. The van der Waals surface area contributed by atoms with Crippen molar-refractivity contribution in [2.45, 2.75) is 12.8 Å². The number of amides is 2. The molecule has 2 N–H and O–H groups in total. The fourth-order valence-electron chi connectivity index (χ4n) is 3.48. The number of rotatable bonds is 2. The van der Waals surface area contributed by atoms with E-state index in [1.807, 2.05) is 6.07 Å². The van der Waals surface area contributed by atoms with Gasteiger partial charge in [-0.05, 0) is 37.1 Å². The van der Waals surface area contributed by atoms with Crippen molar-refractivity contribution in [1.82, 2.24) is 14.3 Å². The third-order valence-electron chi connectivity index (χ3n) is 4.96. The molecular weight excluding hydrogens is 332 g/mol. The molecule has 1 saturated heterocycles. The fourth-order valence-corrected chi connectivity index (χ4v) is 3.48. The molecule has 4 rings (SSSR count). The van der Waals surface area contributed by atoms with Crippen molar-refractivity contribution in [1.29, 1.82) is 0 Å². The van der Waals surface area contributed by atoms with Crippen LogP contribution in [-0.2, 0) is 4.79 Å². The molecule has 0 spiro atoms. The second-order valence-corrected chi connectivity index (χ2v) is 6.52. The number of hydrogen-bond acceptors (Lipinski definition) is 4. The average molecular weight is 350 g/mol. The molecule has 0 bridgehead atoms. The van der Waals surface area contributed by atoms with Crippen LogP contribution in [-0.4, -0.2) is 39.2 Å². The molecule has 3 heterocycles. The molecule has 132 valence electrons. The second-order valence-electron chi connectivity index (χ2n) is 6.52. The Bertz CT molecular complexity index is 1080. The molecule has 1 aliphatic rings. The number of aromatic nitrogens is 2. The largest absolute Gasteiger partial charge is 0.369 e. The van der Waals surface area contributed by atoms with Crippen LogP contribution in [0.4, 0.5) is 0 Å². The first kappa shape index (κ1) is 16.3. The minimum absolute atomic E-state index is 0.184. The summed E-state index contributed by atoms with van der Waals surface area (Å²) in [4.78, 5) is 43.2. The van der Waals surface area contributed by atoms with Gasteiger partial charge in [-0.25, -0.2) is 4.98 Å². The van der Waals surface area contributed by atoms with Gasteiger partial charge in [0.1, 0.15) is 0 Å². The molecule has 7 heteroatoms. The summed E-state index contributed by atoms with van der Waals surface area (Å²) in [6.45, 7) is 0.927. The van der Waals surface area contributed by atoms with Crippen molar-refractivity contribution >= 4 is 28.4 Å². The molecular formula is C19H18N4O3. The van der Waals surface area contributed by atoms with Crippen molar-refractivity contribution < 1.29 is 9.59 Å². The standard InChI is InChI=1S/C19H18N4O3/c20-16(24)12-7-10-22(11-8-12)18(25)14-5-3-9-23-17(14)21-15-6-2-1-4-13(15)19(23)26/h1-6,9,12H,7-8,10-11H2,(H2,20,24). The van der Waals surface area contributed by atoms with E-state index in [1.165, 1.54) is 4.40 Å². The molecule has 3 aromatic rings. The number of nitrogens with two attached hydrogens (primary N) is 1. The third kappa shape index (κ3) is 2.61. The second kappa shape index (κ2) is 6.25. The Balaban J connectivity index is 1.76. The van der Waals surface area contributed by atoms with Gasteiger partial charge in [-0.15, -0.1) is 0 Å². The zero-order chi connectivity index (χ0) is 18.3. The van der Waals surface area contributed by atoms with E-state index in [9.17, 15) is 14.4 Å². The molecule has 1 aliphatic heterocycles. The number of piperidine rings is 1. The summed E-state index contributed by atoms with van der Waals surface area (Å²) in [5, 5.41) is 0.511. The molecule has 1 aromatic carbocycles. The number of pyridine rings is 1. The summed E-state index contributed by atoms with van der Waals surface area (Å²) in [5.41, 5.74) is 6.44. The minimum atomic E-state index is -0.318. The lowest BCUT2D eigenvalue weighted by molar-refractivity contribution is -0.123. The van der Waals surface area contributed by atoms with Gasteiger partial charge in [0.25, 0.3) is 11.5 Å². The number of likely N-dealkylation sites (tertiary alicyclic amines) is 1. The van der Waals surface area contributed by atoms with Gasteiger partial charge in [-0.2, -0.15) is 0 Å². The van der Waals surface area contributed by atoms with E-state index in [4.69, 9.17) is 5.73 Å². The van der Waals surface area contributed by atoms with E-state index in [-0.39, 0.29) is 23.3 Å². The summed E-state index contributed by atoms with van der Waals surface area (Å²) in [6.07, 6.45) is 2.73. The highest BCUT2D eigenvalue weighted by atomic mass is 16.2. The first-order valence-corrected chi connectivity index (χ1v) is 8.55. The Hall–Kier alpha value is -3.22. The average Bonchev–Trinajstić information content (AvgIpc) is 2.67.